The number of hydrogen-bond donors (Lipinski definition) is 0. The zero-order chi connectivity index (χ0) is 14.3. The molecule has 0 unspecified atom stereocenters. The summed E-state index contributed by atoms with van der Waals surface area (Å²) in [6.45, 7) is 1.40. The molecule has 2 amide bonds. The number of hydrogen-bond acceptors (Lipinski definition) is 4. The largest absolute Gasteiger partial charge is 0.349 e. The van der Waals surface area contributed by atoms with Gasteiger partial charge in [-0.1, -0.05) is 0 Å². The third-order valence-corrected chi connectivity index (χ3v) is 4.43. The van der Waals surface area contributed by atoms with E-state index in [1.807, 2.05) is 4.90 Å². The van der Waals surface area contributed by atoms with E-state index < -0.39 is 0 Å². The van der Waals surface area contributed by atoms with Crippen molar-refractivity contribution in [1.82, 2.24) is 20.0 Å². The Morgan fingerprint density at radius 1 is 1.40 bits per heavy atom. The lowest BCUT2D eigenvalue weighted by Gasteiger charge is -2.17. The van der Waals surface area contributed by atoms with Gasteiger partial charge in [-0.15, -0.1) is 0 Å². The molecule has 1 spiro atoms. The number of nitrogens with zero attached hydrogens (tertiary/aromatic N) is 4. The van der Waals surface area contributed by atoms with Crippen molar-refractivity contribution >= 4 is 11.8 Å². The van der Waals surface area contributed by atoms with Crippen LogP contribution >= 0.6 is 0 Å². The minimum absolute atomic E-state index is 0.0141. The lowest BCUT2D eigenvalue weighted by Crippen LogP contribution is -2.31. The van der Waals surface area contributed by atoms with Gasteiger partial charge < -0.3 is 9.80 Å². The summed E-state index contributed by atoms with van der Waals surface area (Å²) in [5, 5.41) is 7.42. The Hall–Kier alpha value is -1.98. The fourth-order valence-electron chi connectivity index (χ4n) is 3.13. The average molecular weight is 274 g/mol. The molecular weight excluding hydrogens is 256 g/mol. The molecule has 20 heavy (non-hydrogen) atoms. The van der Waals surface area contributed by atoms with Crippen LogP contribution < -0.4 is 0 Å². The predicted molar refractivity (Wildman–Crippen MR) is 71.8 cm³/mol. The monoisotopic (exact) mass is 274 g/mol. The van der Waals surface area contributed by atoms with Gasteiger partial charge in [0, 0.05) is 38.5 Å². The van der Waals surface area contributed by atoms with E-state index in [2.05, 4.69) is 10.2 Å². The normalized spacial score (nSPS) is 27.7. The van der Waals surface area contributed by atoms with Gasteiger partial charge in [0.1, 0.15) is 0 Å². The first-order valence-corrected chi connectivity index (χ1v) is 6.81. The maximum atomic E-state index is 12.3. The van der Waals surface area contributed by atoms with Crippen LogP contribution in [0.3, 0.4) is 0 Å². The number of aromatic nitrogens is 2. The highest BCUT2D eigenvalue weighted by atomic mass is 16.2. The van der Waals surface area contributed by atoms with Gasteiger partial charge in [-0.2, -0.15) is 10.2 Å². The molecule has 1 aromatic rings. The Bertz CT molecular complexity index is 545. The van der Waals surface area contributed by atoms with Gasteiger partial charge in [-0.3, -0.25) is 9.59 Å². The van der Waals surface area contributed by atoms with Crippen molar-refractivity contribution in [1.29, 1.82) is 0 Å². The molecule has 1 aromatic heterocycles. The third-order valence-electron chi connectivity index (χ3n) is 4.43. The Labute approximate surface area is 117 Å². The van der Waals surface area contributed by atoms with E-state index in [9.17, 15) is 9.59 Å². The van der Waals surface area contributed by atoms with Crippen molar-refractivity contribution in [2.75, 3.05) is 27.2 Å². The molecule has 2 atom stereocenters. The van der Waals surface area contributed by atoms with Crippen LogP contribution in [0.5, 0.6) is 0 Å². The molecule has 0 radical (unpaired) electrons. The molecule has 1 saturated heterocycles. The Morgan fingerprint density at radius 3 is 2.85 bits per heavy atom. The minimum atomic E-state index is -0.0141. The standard InChI is InChI=1S/C14H18N4O2/c1-17(2)13(20)11-7-14(11)4-6-18(9-14)12(19)10-3-5-15-16-8-10/h3,5,8,11H,4,6-7,9H2,1-2H3/t11-,14-/m1/s1. The predicted octanol–water partition coefficient (Wildman–Crippen LogP) is 0.417. The van der Waals surface area contributed by atoms with Crippen molar-refractivity contribution in [3.05, 3.63) is 24.0 Å². The SMILES string of the molecule is CN(C)C(=O)[C@H]1C[C@@]12CCN(C(=O)c1ccnnc1)C2. The van der Waals surface area contributed by atoms with E-state index in [0.29, 0.717) is 12.1 Å². The highest BCUT2D eigenvalue weighted by Gasteiger charge is 2.61. The van der Waals surface area contributed by atoms with Gasteiger partial charge >= 0.3 is 0 Å². The zero-order valence-electron chi connectivity index (χ0n) is 11.7. The topological polar surface area (TPSA) is 66.4 Å². The summed E-state index contributed by atoms with van der Waals surface area (Å²) in [6.07, 6.45) is 4.83. The molecule has 1 aliphatic carbocycles. The van der Waals surface area contributed by atoms with Crippen molar-refractivity contribution in [2.24, 2.45) is 11.3 Å². The number of carbonyl (C=O) groups excluding carboxylic acids is 2. The summed E-state index contributed by atoms with van der Waals surface area (Å²) in [6, 6.07) is 1.68. The Kier molecular flexibility index (Phi) is 2.96. The van der Waals surface area contributed by atoms with E-state index in [1.54, 1.807) is 25.1 Å². The molecule has 0 aromatic carbocycles. The lowest BCUT2D eigenvalue weighted by atomic mass is 10.0. The van der Waals surface area contributed by atoms with E-state index in [0.717, 1.165) is 19.4 Å². The summed E-state index contributed by atoms with van der Waals surface area (Å²) in [5.74, 6) is 0.260. The van der Waals surface area contributed by atoms with Crippen molar-refractivity contribution in [3.8, 4) is 0 Å². The first-order chi connectivity index (χ1) is 9.53. The molecule has 2 heterocycles. The second kappa shape index (κ2) is 4.54. The highest BCUT2D eigenvalue weighted by Crippen LogP contribution is 2.59. The molecule has 6 heteroatoms. The minimum Gasteiger partial charge on any atom is -0.349 e. The number of rotatable bonds is 2. The zero-order valence-corrected chi connectivity index (χ0v) is 11.7. The Morgan fingerprint density at radius 2 is 2.20 bits per heavy atom. The van der Waals surface area contributed by atoms with Gasteiger partial charge in [0.25, 0.3) is 5.91 Å². The molecule has 3 rings (SSSR count). The summed E-state index contributed by atoms with van der Waals surface area (Å²) >= 11 is 0. The highest BCUT2D eigenvalue weighted by molar-refractivity contribution is 5.94. The third kappa shape index (κ3) is 2.05. The summed E-state index contributed by atoms with van der Waals surface area (Å²) in [4.78, 5) is 27.8. The van der Waals surface area contributed by atoms with Gasteiger partial charge in [0.05, 0.1) is 18.0 Å². The maximum absolute atomic E-state index is 12.3. The number of carbonyl (C=O) groups is 2. The second-order valence-electron chi connectivity index (χ2n) is 5.96. The van der Waals surface area contributed by atoms with Crippen LogP contribution in [-0.2, 0) is 4.79 Å². The molecular formula is C14H18N4O2. The van der Waals surface area contributed by atoms with Crippen LogP contribution in [-0.4, -0.2) is 59.0 Å². The fourth-order valence-corrected chi connectivity index (χ4v) is 3.13. The molecule has 1 aliphatic heterocycles. The van der Waals surface area contributed by atoms with E-state index in [-0.39, 0.29) is 23.1 Å². The molecule has 0 bridgehead atoms. The van der Waals surface area contributed by atoms with Crippen LogP contribution in [0.1, 0.15) is 23.2 Å². The first kappa shape index (κ1) is 13.0. The van der Waals surface area contributed by atoms with E-state index in [1.165, 1.54) is 12.4 Å². The van der Waals surface area contributed by atoms with Crippen LogP contribution in [0.15, 0.2) is 18.5 Å². The van der Waals surface area contributed by atoms with Crippen LogP contribution in [0.4, 0.5) is 0 Å². The van der Waals surface area contributed by atoms with Crippen molar-refractivity contribution in [3.63, 3.8) is 0 Å². The number of amides is 2. The van der Waals surface area contributed by atoms with Gasteiger partial charge in [0.15, 0.2) is 0 Å². The summed E-state index contributed by atoms with van der Waals surface area (Å²) < 4.78 is 0. The molecule has 2 aliphatic rings. The fraction of sp³-hybridized carbons (Fsp3) is 0.571. The van der Waals surface area contributed by atoms with Gasteiger partial charge in [0.2, 0.25) is 5.91 Å². The quantitative estimate of drug-likeness (QED) is 0.784. The van der Waals surface area contributed by atoms with Crippen molar-refractivity contribution in [2.45, 2.75) is 12.8 Å². The van der Waals surface area contributed by atoms with Crippen molar-refractivity contribution < 1.29 is 9.59 Å². The molecule has 106 valence electrons. The van der Waals surface area contributed by atoms with E-state index in [4.69, 9.17) is 0 Å². The Balaban J connectivity index is 1.67. The lowest BCUT2D eigenvalue weighted by molar-refractivity contribution is -0.130. The van der Waals surface area contributed by atoms with Crippen LogP contribution in [0.25, 0.3) is 0 Å². The summed E-state index contributed by atoms with van der Waals surface area (Å²) in [5.41, 5.74) is 0.588. The molecule has 2 fully saturated rings. The molecule has 0 N–H and O–H groups in total. The van der Waals surface area contributed by atoms with Gasteiger partial charge in [-0.25, -0.2) is 0 Å². The second-order valence-corrected chi connectivity index (χ2v) is 5.96. The number of likely N-dealkylation sites (tertiary alicyclic amines) is 1. The maximum Gasteiger partial charge on any atom is 0.255 e. The average Bonchev–Trinajstić information content (AvgIpc) is 2.98. The molecule has 1 saturated carbocycles. The van der Waals surface area contributed by atoms with Gasteiger partial charge in [-0.05, 0) is 18.9 Å². The summed E-state index contributed by atoms with van der Waals surface area (Å²) in [7, 11) is 3.57. The smallest absolute Gasteiger partial charge is 0.255 e. The van der Waals surface area contributed by atoms with Crippen LogP contribution in [0, 0.1) is 11.3 Å². The first-order valence-electron chi connectivity index (χ1n) is 6.81. The van der Waals surface area contributed by atoms with E-state index >= 15 is 0 Å². The molecule has 6 nitrogen and oxygen atoms in total. The van der Waals surface area contributed by atoms with Crippen LogP contribution in [0.2, 0.25) is 0 Å².